The second kappa shape index (κ2) is 3.07. The van der Waals surface area contributed by atoms with Crippen LogP contribution in [-0.2, 0) is 9.53 Å². The van der Waals surface area contributed by atoms with E-state index in [1.807, 2.05) is 19.1 Å². The summed E-state index contributed by atoms with van der Waals surface area (Å²) >= 11 is 0. The molecule has 0 aliphatic heterocycles. The van der Waals surface area contributed by atoms with Gasteiger partial charge in [0.15, 0.2) is 0 Å². The van der Waals surface area contributed by atoms with Crippen LogP contribution in [0.15, 0.2) is 12.2 Å². The van der Waals surface area contributed by atoms with E-state index in [0.29, 0.717) is 0 Å². The molecule has 1 aliphatic rings. The van der Waals surface area contributed by atoms with Gasteiger partial charge in [0.1, 0.15) is 5.60 Å². The maximum atomic E-state index is 10.6. The topological polar surface area (TPSA) is 26.3 Å². The van der Waals surface area contributed by atoms with Crippen LogP contribution in [0.25, 0.3) is 0 Å². The number of rotatable bonds is 2. The predicted molar refractivity (Wildman–Crippen MR) is 42.8 cm³/mol. The molecule has 0 heterocycles. The molecule has 0 aromatic carbocycles. The largest absolute Gasteiger partial charge is 0.455 e. The fraction of sp³-hybridized carbons (Fsp3) is 0.556. The molecule has 1 atom stereocenters. The van der Waals surface area contributed by atoms with E-state index in [9.17, 15) is 4.79 Å². The Morgan fingerprint density at radius 2 is 2.55 bits per heavy atom. The Morgan fingerprint density at radius 1 is 1.82 bits per heavy atom. The van der Waals surface area contributed by atoms with E-state index >= 15 is 0 Å². The molecule has 1 rings (SSSR count). The molecule has 0 fully saturated rings. The number of ether oxygens (including phenoxy) is 1. The van der Waals surface area contributed by atoms with Crippen LogP contribution >= 0.6 is 0 Å². The van der Waals surface area contributed by atoms with Crippen molar-refractivity contribution in [3.05, 3.63) is 19.1 Å². The Morgan fingerprint density at radius 3 is 2.91 bits per heavy atom. The van der Waals surface area contributed by atoms with Gasteiger partial charge >= 0.3 is 5.97 Å². The Labute approximate surface area is 67.2 Å². The van der Waals surface area contributed by atoms with Gasteiger partial charge in [0, 0.05) is 0 Å². The average molecular weight is 153 g/mol. The Bertz CT molecular complexity index is 184. The zero-order chi connectivity index (χ0) is 8.32. The van der Waals surface area contributed by atoms with Crippen LogP contribution in [0.4, 0.5) is 0 Å². The first kappa shape index (κ1) is 8.31. The van der Waals surface area contributed by atoms with E-state index in [4.69, 9.17) is 4.74 Å². The molecule has 2 heteroatoms. The van der Waals surface area contributed by atoms with Crippen molar-refractivity contribution in [3.63, 3.8) is 0 Å². The minimum Gasteiger partial charge on any atom is -0.455 e. The summed E-state index contributed by atoms with van der Waals surface area (Å²) in [6.45, 7) is 5.21. The highest BCUT2D eigenvalue weighted by atomic mass is 16.6. The summed E-state index contributed by atoms with van der Waals surface area (Å²) in [5.41, 5.74) is -0.334. The van der Waals surface area contributed by atoms with Crippen LogP contribution in [0, 0.1) is 6.92 Å². The third kappa shape index (κ3) is 1.82. The molecule has 0 spiro atoms. The van der Waals surface area contributed by atoms with Crippen molar-refractivity contribution in [3.8, 4) is 0 Å². The van der Waals surface area contributed by atoms with Gasteiger partial charge in [-0.2, -0.15) is 0 Å². The molecule has 0 bridgehead atoms. The van der Waals surface area contributed by atoms with E-state index in [-0.39, 0.29) is 5.60 Å². The van der Waals surface area contributed by atoms with Crippen molar-refractivity contribution in [2.24, 2.45) is 0 Å². The maximum absolute atomic E-state index is 10.6. The molecule has 0 aromatic heterocycles. The first-order valence-corrected chi connectivity index (χ1v) is 3.91. The molecule has 1 radical (unpaired) electrons. The summed E-state index contributed by atoms with van der Waals surface area (Å²) in [5.74, 6) is -0.432. The summed E-state index contributed by atoms with van der Waals surface area (Å²) in [5, 5.41) is 0. The van der Waals surface area contributed by atoms with Gasteiger partial charge in [-0.15, -0.1) is 0 Å². The van der Waals surface area contributed by atoms with E-state index in [2.05, 4.69) is 6.92 Å². The second-order valence-corrected chi connectivity index (χ2v) is 2.83. The molecular formula is C9H13O2. The maximum Gasteiger partial charge on any atom is 0.307 e. The molecule has 0 amide bonds. The van der Waals surface area contributed by atoms with E-state index < -0.39 is 5.97 Å². The van der Waals surface area contributed by atoms with Gasteiger partial charge in [-0.3, -0.25) is 4.79 Å². The van der Waals surface area contributed by atoms with Crippen molar-refractivity contribution in [2.75, 3.05) is 0 Å². The molecule has 0 N–H and O–H groups in total. The lowest BCUT2D eigenvalue weighted by atomic mass is 10.0. The number of esters is 1. The highest BCUT2D eigenvalue weighted by Crippen LogP contribution is 2.29. The van der Waals surface area contributed by atoms with Gasteiger partial charge in [0.25, 0.3) is 0 Å². The zero-order valence-electron chi connectivity index (χ0n) is 6.80. The molecule has 0 saturated carbocycles. The van der Waals surface area contributed by atoms with Crippen LogP contribution in [0.3, 0.4) is 0 Å². The highest BCUT2D eigenvalue weighted by molar-refractivity contribution is 5.74. The summed E-state index contributed by atoms with van der Waals surface area (Å²) < 4.78 is 5.11. The quantitative estimate of drug-likeness (QED) is 0.447. The van der Waals surface area contributed by atoms with E-state index in [0.717, 1.165) is 19.3 Å². The number of carbonyl (C=O) groups excluding carboxylic acids is 1. The predicted octanol–water partition coefficient (Wildman–Crippen LogP) is 1.86. The van der Waals surface area contributed by atoms with Crippen molar-refractivity contribution in [1.29, 1.82) is 0 Å². The van der Waals surface area contributed by atoms with Crippen LogP contribution in [0.1, 0.15) is 26.2 Å². The van der Waals surface area contributed by atoms with Crippen LogP contribution in [0.2, 0.25) is 0 Å². The van der Waals surface area contributed by atoms with Crippen LogP contribution in [0.5, 0.6) is 0 Å². The minimum atomic E-state index is -0.432. The Kier molecular flexibility index (Phi) is 2.32. The molecule has 61 valence electrons. The standard InChI is InChI=1S/C9H13O2/c1-3-9(11-8(2)10)6-4-5-7-9/h4,6H,2-3,5,7H2,1H3. The molecule has 1 unspecified atom stereocenters. The summed E-state index contributed by atoms with van der Waals surface area (Å²) in [6.07, 6.45) is 6.76. The molecule has 0 saturated heterocycles. The number of hydrogen-bond acceptors (Lipinski definition) is 2. The average Bonchev–Trinajstić information content (AvgIpc) is 2.36. The second-order valence-electron chi connectivity index (χ2n) is 2.83. The van der Waals surface area contributed by atoms with Gasteiger partial charge in [0.2, 0.25) is 0 Å². The number of carbonyl (C=O) groups is 1. The zero-order valence-corrected chi connectivity index (χ0v) is 6.80. The van der Waals surface area contributed by atoms with Crippen LogP contribution in [-0.4, -0.2) is 11.6 Å². The van der Waals surface area contributed by atoms with Crippen molar-refractivity contribution in [1.82, 2.24) is 0 Å². The number of hydrogen-bond donors (Lipinski definition) is 0. The lowest BCUT2D eigenvalue weighted by molar-refractivity contribution is -0.149. The molecule has 11 heavy (non-hydrogen) atoms. The minimum absolute atomic E-state index is 0.334. The Hall–Kier alpha value is -0.790. The van der Waals surface area contributed by atoms with Crippen molar-refractivity contribution in [2.45, 2.75) is 31.8 Å². The van der Waals surface area contributed by atoms with Gasteiger partial charge in [0.05, 0.1) is 6.92 Å². The highest BCUT2D eigenvalue weighted by Gasteiger charge is 2.30. The first-order valence-electron chi connectivity index (χ1n) is 3.91. The van der Waals surface area contributed by atoms with Gasteiger partial charge in [-0.25, -0.2) is 0 Å². The fourth-order valence-corrected chi connectivity index (χ4v) is 1.39. The fourth-order valence-electron chi connectivity index (χ4n) is 1.39. The van der Waals surface area contributed by atoms with Gasteiger partial charge in [-0.1, -0.05) is 13.0 Å². The lowest BCUT2D eigenvalue weighted by Crippen LogP contribution is -2.28. The number of allylic oxidation sites excluding steroid dienone is 1. The normalized spacial score (nSPS) is 28.9. The van der Waals surface area contributed by atoms with Crippen molar-refractivity contribution >= 4 is 5.97 Å². The third-order valence-electron chi connectivity index (χ3n) is 2.07. The molecule has 1 aliphatic carbocycles. The summed E-state index contributed by atoms with van der Waals surface area (Å²) in [7, 11) is 0. The molecular weight excluding hydrogens is 140 g/mol. The molecule has 0 aromatic rings. The first-order chi connectivity index (χ1) is 5.18. The van der Waals surface area contributed by atoms with E-state index in [1.165, 1.54) is 0 Å². The van der Waals surface area contributed by atoms with Gasteiger partial charge < -0.3 is 4.74 Å². The van der Waals surface area contributed by atoms with Crippen LogP contribution < -0.4 is 0 Å². The smallest absolute Gasteiger partial charge is 0.307 e. The third-order valence-corrected chi connectivity index (χ3v) is 2.07. The SMILES string of the molecule is [CH2]C(=O)OC1(CC)C=CCC1. The molecule has 2 nitrogen and oxygen atoms in total. The van der Waals surface area contributed by atoms with E-state index in [1.54, 1.807) is 0 Å². The summed E-state index contributed by atoms with van der Waals surface area (Å²) in [6, 6.07) is 0. The lowest BCUT2D eigenvalue weighted by Gasteiger charge is -2.24. The monoisotopic (exact) mass is 153 g/mol. The van der Waals surface area contributed by atoms with Gasteiger partial charge in [-0.05, 0) is 25.3 Å². The Balaban J connectivity index is 2.60. The van der Waals surface area contributed by atoms with Crippen molar-refractivity contribution < 1.29 is 9.53 Å². The summed E-state index contributed by atoms with van der Waals surface area (Å²) in [4.78, 5) is 10.6.